The lowest BCUT2D eigenvalue weighted by Crippen LogP contribution is -2.35. The van der Waals surface area contributed by atoms with Crippen molar-refractivity contribution in [3.63, 3.8) is 0 Å². The van der Waals surface area contributed by atoms with Crippen LogP contribution in [0.2, 0.25) is 0 Å². The number of carbonyl (C=O) groups is 2. The van der Waals surface area contributed by atoms with Crippen LogP contribution < -0.4 is 4.74 Å². The van der Waals surface area contributed by atoms with Gasteiger partial charge >= 0.3 is 0 Å². The van der Waals surface area contributed by atoms with Crippen LogP contribution in [0.15, 0.2) is 72.3 Å². The van der Waals surface area contributed by atoms with Crippen LogP contribution in [-0.2, 0) is 9.59 Å². The quantitative estimate of drug-likeness (QED) is 0.303. The second kappa shape index (κ2) is 10.1. The normalized spacial score (nSPS) is 17.6. The van der Waals surface area contributed by atoms with E-state index in [9.17, 15) is 14.7 Å². The molecule has 1 atom stereocenters. The second-order valence-electron chi connectivity index (χ2n) is 8.78. The number of ether oxygens (including phenoxy) is 1. The maximum Gasteiger partial charge on any atom is 0.295 e. The Kier molecular flexibility index (Phi) is 6.98. The Balaban J connectivity index is 1.84. The highest BCUT2D eigenvalue weighted by Crippen LogP contribution is 2.40. The lowest BCUT2D eigenvalue weighted by atomic mass is 9.94. The molecule has 0 aromatic heterocycles. The van der Waals surface area contributed by atoms with Crippen LogP contribution in [0.1, 0.15) is 30.5 Å². The number of hydrogen-bond donors (Lipinski definition) is 1. The molecular weight excluding hydrogens is 428 g/mol. The molecule has 1 aliphatic heterocycles. The van der Waals surface area contributed by atoms with E-state index in [1.807, 2.05) is 86.6 Å². The molecule has 1 saturated heterocycles. The SMILES string of the molecule is CCCOc1cccc(C2/C(=C(/O)c3ccc4ccccc4c3)C(=O)C(=O)N2CCN(C)C)c1. The minimum Gasteiger partial charge on any atom is -0.507 e. The Labute approximate surface area is 200 Å². The third-order valence-electron chi connectivity index (χ3n) is 6.00. The topological polar surface area (TPSA) is 70.1 Å². The maximum absolute atomic E-state index is 13.2. The van der Waals surface area contributed by atoms with Crippen LogP contribution >= 0.6 is 0 Å². The molecule has 0 saturated carbocycles. The number of nitrogens with zero attached hydrogens (tertiary/aromatic N) is 2. The molecule has 0 bridgehead atoms. The lowest BCUT2D eigenvalue weighted by Gasteiger charge is -2.27. The van der Waals surface area contributed by atoms with Crippen LogP contribution in [0.5, 0.6) is 5.75 Å². The highest BCUT2D eigenvalue weighted by molar-refractivity contribution is 6.46. The van der Waals surface area contributed by atoms with Gasteiger partial charge < -0.3 is 19.6 Å². The van der Waals surface area contributed by atoms with Gasteiger partial charge in [0.25, 0.3) is 11.7 Å². The number of hydrogen-bond acceptors (Lipinski definition) is 5. The van der Waals surface area contributed by atoms with Crippen molar-refractivity contribution in [2.45, 2.75) is 19.4 Å². The summed E-state index contributed by atoms with van der Waals surface area (Å²) in [7, 11) is 3.83. The summed E-state index contributed by atoms with van der Waals surface area (Å²) < 4.78 is 5.80. The fourth-order valence-corrected chi connectivity index (χ4v) is 4.25. The van der Waals surface area contributed by atoms with Crippen molar-refractivity contribution in [2.24, 2.45) is 0 Å². The average molecular weight is 459 g/mol. The first-order valence-corrected chi connectivity index (χ1v) is 11.6. The minimum atomic E-state index is -0.698. The van der Waals surface area contributed by atoms with Crippen molar-refractivity contribution in [1.82, 2.24) is 9.80 Å². The Bertz CT molecular complexity index is 1250. The van der Waals surface area contributed by atoms with Gasteiger partial charge in [0.05, 0.1) is 18.2 Å². The minimum absolute atomic E-state index is 0.103. The summed E-state index contributed by atoms with van der Waals surface area (Å²) in [6.45, 7) is 3.55. The number of likely N-dealkylation sites (tertiary alicyclic amines) is 1. The van der Waals surface area contributed by atoms with Gasteiger partial charge in [-0.3, -0.25) is 9.59 Å². The number of carbonyl (C=O) groups excluding carboxylic acids is 2. The van der Waals surface area contributed by atoms with Crippen LogP contribution in [0.25, 0.3) is 16.5 Å². The van der Waals surface area contributed by atoms with Crippen LogP contribution in [0.4, 0.5) is 0 Å². The third-order valence-corrected chi connectivity index (χ3v) is 6.00. The van der Waals surface area contributed by atoms with E-state index >= 15 is 0 Å². The van der Waals surface area contributed by atoms with Crippen molar-refractivity contribution in [3.05, 3.63) is 83.4 Å². The Morgan fingerprint density at radius 3 is 2.50 bits per heavy atom. The Morgan fingerprint density at radius 1 is 1.00 bits per heavy atom. The molecule has 1 heterocycles. The van der Waals surface area contributed by atoms with Gasteiger partial charge in [0, 0.05) is 18.7 Å². The number of rotatable bonds is 8. The molecule has 4 rings (SSSR count). The van der Waals surface area contributed by atoms with E-state index < -0.39 is 17.7 Å². The molecule has 176 valence electrons. The van der Waals surface area contributed by atoms with E-state index in [-0.39, 0.29) is 11.3 Å². The number of likely N-dealkylation sites (N-methyl/N-ethyl adjacent to an activating group) is 1. The molecule has 1 amide bonds. The van der Waals surface area contributed by atoms with E-state index in [1.165, 1.54) is 0 Å². The van der Waals surface area contributed by atoms with E-state index in [0.29, 0.717) is 31.0 Å². The summed E-state index contributed by atoms with van der Waals surface area (Å²) in [5.74, 6) is -0.770. The zero-order chi connectivity index (χ0) is 24.2. The number of aliphatic hydroxyl groups excluding tert-OH is 1. The molecule has 0 radical (unpaired) electrons. The van der Waals surface area contributed by atoms with Crippen molar-refractivity contribution >= 4 is 28.2 Å². The smallest absolute Gasteiger partial charge is 0.295 e. The molecule has 6 heteroatoms. The van der Waals surface area contributed by atoms with Gasteiger partial charge in [-0.15, -0.1) is 0 Å². The molecule has 1 N–H and O–H groups in total. The summed E-state index contributed by atoms with van der Waals surface area (Å²) in [6, 6.07) is 20.1. The summed E-state index contributed by atoms with van der Waals surface area (Å²) in [4.78, 5) is 29.8. The first-order chi connectivity index (χ1) is 16.4. The number of Topliss-reactive ketones (excluding diaryl/α,β-unsaturated/α-hetero) is 1. The Morgan fingerprint density at radius 2 is 1.76 bits per heavy atom. The molecule has 0 aliphatic carbocycles. The molecule has 1 fully saturated rings. The first kappa shape index (κ1) is 23.5. The molecule has 3 aromatic rings. The number of aliphatic hydroxyl groups is 1. The lowest BCUT2D eigenvalue weighted by molar-refractivity contribution is -0.140. The second-order valence-corrected chi connectivity index (χ2v) is 8.78. The third kappa shape index (κ3) is 4.68. The number of benzene rings is 3. The zero-order valence-corrected chi connectivity index (χ0v) is 19.8. The maximum atomic E-state index is 13.2. The van der Waals surface area contributed by atoms with Gasteiger partial charge in [-0.25, -0.2) is 0 Å². The van der Waals surface area contributed by atoms with Crippen molar-refractivity contribution in [3.8, 4) is 5.75 Å². The van der Waals surface area contributed by atoms with Crippen molar-refractivity contribution < 1.29 is 19.4 Å². The van der Waals surface area contributed by atoms with E-state index in [4.69, 9.17) is 4.74 Å². The highest BCUT2D eigenvalue weighted by Gasteiger charge is 2.46. The number of ketones is 1. The number of fused-ring (bicyclic) bond motifs is 1. The molecule has 0 spiro atoms. The van der Waals surface area contributed by atoms with Crippen LogP contribution in [0, 0.1) is 0 Å². The fraction of sp³-hybridized carbons (Fsp3) is 0.286. The predicted octanol–water partition coefficient (Wildman–Crippen LogP) is 4.61. The van der Waals surface area contributed by atoms with E-state index in [2.05, 4.69) is 0 Å². The fourth-order valence-electron chi connectivity index (χ4n) is 4.25. The van der Waals surface area contributed by atoms with Gasteiger partial charge in [-0.2, -0.15) is 0 Å². The average Bonchev–Trinajstić information content (AvgIpc) is 3.10. The zero-order valence-electron chi connectivity index (χ0n) is 19.8. The molecule has 1 unspecified atom stereocenters. The molecule has 3 aromatic carbocycles. The first-order valence-electron chi connectivity index (χ1n) is 11.6. The monoisotopic (exact) mass is 458 g/mol. The predicted molar refractivity (Wildman–Crippen MR) is 134 cm³/mol. The van der Waals surface area contributed by atoms with E-state index in [1.54, 1.807) is 11.0 Å². The Hall–Kier alpha value is -3.64. The summed E-state index contributed by atoms with van der Waals surface area (Å²) in [5, 5.41) is 13.3. The van der Waals surface area contributed by atoms with Gasteiger partial charge in [-0.05, 0) is 55.1 Å². The van der Waals surface area contributed by atoms with Gasteiger partial charge in [0.2, 0.25) is 0 Å². The molecule has 6 nitrogen and oxygen atoms in total. The van der Waals surface area contributed by atoms with Crippen LogP contribution in [0.3, 0.4) is 0 Å². The molecule has 34 heavy (non-hydrogen) atoms. The highest BCUT2D eigenvalue weighted by atomic mass is 16.5. The summed E-state index contributed by atoms with van der Waals surface area (Å²) in [6.07, 6.45) is 0.869. The summed E-state index contributed by atoms with van der Waals surface area (Å²) >= 11 is 0. The van der Waals surface area contributed by atoms with Crippen LogP contribution in [-0.4, -0.2) is 60.4 Å². The largest absolute Gasteiger partial charge is 0.507 e. The van der Waals surface area contributed by atoms with Crippen molar-refractivity contribution in [1.29, 1.82) is 0 Å². The molecular formula is C28H30N2O4. The number of amides is 1. The van der Waals surface area contributed by atoms with Gasteiger partial charge in [0.15, 0.2) is 0 Å². The van der Waals surface area contributed by atoms with Gasteiger partial charge in [0.1, 0.15) is 11.5 Å². The summed E-state index contributed by atoms with van der Waals surface area (Å²) in [5.41, 5.74) is 1.34. The van der Waals surface area contributed by atoms with Crippen molar-refractivity contribution in [2.75, 3.05) is 33.8 Å². The standard InChI is InChI=1S/C28H30N2O4/c1-4-16-34-23-11-7-10-21(18-23)25-24(27(32)28(33)30(25)15-14-29(2)3)26(31)22-13-12-19-8-5-6-9-20(19)17-22/h5-13,17-18,25,31H,4,14-16H2,1-3H3/b26-24-. The molecule has 1 aliphatic rings. The van der Waals surface area contributed by atoms with Gasteiger partial charge in [-0.1, -0.05) is 55.5 Å². The van der Waals surface area contributed by atoms with E-state index in [0.717, 1.165) is 22.8 Å².